The summed E-state index contributed by atoms with van der Waals surface area (Å²) >= 11 is 7.32. The standard InChI is InChI=1S/C17H15ClN2O2S/c18-11-3-5-12(6-4-11)19-16(21)15-9-13-14(23-15)7-8-20(13)17(22)10-1-2-10/h3-6,9-10H,1-2,7-8H2,(H,19,21). The quantitative estimate of drug-likeness (QED) is 0.914. The molecule has 1 aromatic heterocycles. The lowest BCUT2D eigenvalue weighted by Crippen LogP contribution is -2.30. The molecule has 2 amide bonds. The monoisotopic (exact) mass is 346 g/mol. The molecule has 2 aromatic rings. The molecule has 0 saturated heterocycles. The van der Waals surface area contributed by atoms with Gasteiger partial charge in [0, 0.05) is 34.5 Å². The third kappa shape index (κ3) is 2.86. The fourth-order valence-corrected chi connectivity index (χ4v) is 3.95. The van der Waals surface area contributed by atoms with E-state index in [1.807, 2.05) is 11.0 Å². The molecule has 2 heterocycles. The van der Waals surface area contributed by atoms with Gasteiger partial charge in [0.15, 0.2) is 0 Å². The highest BCUT2D eigenvalue weighted by atomic mass is 35.5. The van der Waals surface area contributed by atoms with Gasteiger partial charge in [0.05, 0.1) is 10.6 Å². The van der Waals surface area contributed by atoms with Crippen LogP contribution in [0, 0.1) is 5.92 Å². The van der Waals surface area contributed by atoms with Crippen LogP contribution in [0.2, 0.25) is 5.02 Å². The first-order valence-corrected chi connectivity index (χ1v) is 8.82. The maximum absolute atomic E-state index is 12.4. The van der Waals surface area contributed by atoms with E-state index in [1.165, 1.54) is 11.3 Å². The Morgan fingerprint density at radius 1 is 1.22 bits per heavy atom. The lowest BCUT2D eigenvalue weighted by atomic mass is 10.3. The van der Waals surface area contributed by atoms with Crippen molar-refractivity contribution in [2.75, 3.05) is 16.8 Å². The summed E-state index contributed by atoms with van der Waals surface area (Å²) < 4.78 is 0. The summed E-state index contributed by atoms with van der Waals surface area (Å²) in [6.07, 6.45) is 2.84. The fourth-order valence-electron chi connectivity index (χ4n) is 2.78. The van der Waals surface area contributed by atoms with Gasteiger partial charge >= 0.3 is 0 Å². The number of amides is 2. The minimum atomic E-state index is -0.148. The molecule has 0 radical (unpaired) electrons. The van der Waals surface area contributed by atoms with Crippen LogP contribution >= 0.6 is 22.9 Å². The number of nitrogens with one attached hydrogen (secondary N) is 1. The van der Waals surface area contributed by atoms with E-state index in [1.54, 1.807) is 24.3 Å². The number of anilines is 2. The van der Waals surface area contributed by atoms with Crippen LogP contribution in [-0.4, -0.2) is 18.4 Å². The summed E-state index contributed by atoms with van der Waals surface area (Å²) in [6, 6.07) is 8.86. The number of hydrogen-bond donors (Lipinski definition) is 1. The van der Waals surface area contributed by atoms with Gasteiger partial charge in [-0.1, -0.05) is 11.6 Å². The molecule has 2 aliphatic rings. The van der Waals surface area contributed by atoms with E-state index in [-0.39, 0.29) is 17.7 Å². The fraction of sp³-hybridized carbons (Fsp3) is 0.294. The second kappa shape index (κ2) is 5.65. The molecule has 1 N–H and O–H groups in total. The van der Waals surface area contributed by atoms with Gasteiger partial charge in [-0.3, -0.25) is 9.59 Å². The van der Waals surface area contributed by atoms with Crippen LogP contribution in [0.1, 0.15) is 27.4 Å². The van der Waals surface area contributed by atoms with Gasteiger partial charge in [-0.25, -0.2) is 0 Å². The Morgan fingerprint density at radius 3 is 2.65 bits per heavy atom. The Kier molecular flexibility index (Phi) is 3.62. The van der Waals surface area contributed by atoms with Crippen LogP contribution in [0.3, 0.4) is 0 Å². The van der Waals surface area contributed by atoms with Gasteiger partial charge < -0.3 is 10.2 Å². The van der Waals surface area contributed by atoms with E-state index in [2.05, 4.69) is 5.32 Å². The molecule has 6 heteroatoms. The van der Waals surface area contributed by atoms with Gasteiger partial charge in [-0.2, -0.15) is 0 Å². The van der Waals surface area contributed by atoms with Crippen molar-refractivity contribution in [1.82, 2.24) is 0 Å². The summed E-state index contributed by atoms with van der Waals surface area (Å²) in [5, 5.41) is 3.49. The lowest BCUT2D eigenvalue weighted by molar-refractivity contribution is -0.119. The number of hydrogen-bond acceptors (Lipinski definition) is 3. The number of halogens is 1. The largest absolute Gasteiger partial charge is 0.321 e. The van der Waals surface area contributed by atoms with Crippen LogP contribution in [0.4, 0.5) is 11.4 Å². The Bertz CT molecular complexity index is 780. The van der Waals surface area contributed by atoms with Gasteiger partial charge in [-0.05, 0) is 43.2 Å². The molecule has 1 saturated carbocycles. The molecule has 4 rings (SSSR count). The number of rotatable bonds is 3. The number of carbonyl (C=O) groups is 2. The summed E-state index contributed by atoms with van der Waals surface area (Å²) in [7, 11) is 0. The third-order valence-corrected chi connectivity index (χ3v) is 5.59. The zero-order chi connectivity index (χ0) is 16.0. The van der Waals surface area contributed by atoms with E-state index in [9.17, 15) is 9.59 Å². The third-order valence-electron chi connectivity index (χ3n) is 4.16. The van der Waals surface area contributed by atoms with E-state index < -0.39 is 0 Å². The molecule has 4 nitrogen and oxygen atoms in total. The first kappa shape index (κ1) is 14.7. The van der Waals surface area contributed by atoms with Gasteiger partial charge in [0.25, 0.3) is 5.91 Å². The van der Waals surface area contributed by atoms with Crippen LogP contribution < -0.4 is 10.2 Å². The summed E-state index contributed by atoms with van der Waals surface area (Å²) in [4.78, 5) is 28.3. The lowest BCUT2D eigenvalue weighted by Gasteiger charge is -2.15. The number of carbonyl (C=O) groups excluding carboxylic acids is 2. The number of nitrogens with zero attached hydrogens (tertiary/aromatic N) is 1. The maximum Gasteiger partial charge on any atom is 0.265 e. The van der Waals surface area contributed by atoms with E-state index in [0.717, 1.165) is 36.4 Å². The van der Waals surface area contributed by atoms with Crippen LogP contribution in [0.25, 0.3) is 0 Å². The average molecular weight is 347 g/mol. The van der Waals surface area contributed by atoms with E-state index in [0.29, 0.717) is 15.6 Å². The zero-order valence-corrected chi connectivity index (χ0v) is 13.9. The van der Waals surface area contributed by atoms with Gasteiger partial charge in [-0.15, -0.1) is 11.3 Å². The van der Waals surface area contributed by atoms with Crippen molar-refractivity contribution < 1.29 is 9.59 Å². The molecule has 0 atom stereocenters. The minimum absolute atomic E-state index is 0.148. The molecule has 1 aliphatic carbocycles. The molecule has 23 heavy (non-hydrogen) atoms. The Labute approximate surface area is 143 Å². The first-order valence-electron chi connectivity index (χ1n) is 7.63. The van der Waals surface area contributed by atoms with Gasteiger partial charge in [0.2, 0.25) is 5.91 Å². The predicted octanol–water partition coefficient (Wildman–Crippen LogP) is 3.95. The van der Waals surface area contributed by atoms with Crippen molar-refractivity contribution in [1.29, 1.82) is 0 Å². The molecule has 0 spiro atoms. The molecule has 1 aromatic carbocycles. The number of benzene rings is 1. The average Bonchev–Trinajstić information content (AvgIpc) is 3.18. The summed E-state index contributed by atoms with van der Waals surface area (Å²) in [6.45, 7) is 0.746. The normalized spacial score (nSPS) is 16.3. The smallest absolute Gasteiger partial charge is 0.265 e. The summed E-state index contributed by atoms with van der Waals surface area (Å²) in [5.41, 5.74) is 1.63. The molecule has 1 fully saturated rings. The van der Waals surface area contributed by atoms with E-state index in [4.69, 9.17) is 11.6 Å². The van der Waals surface area contributed by atoms with Crippen molar-refractivity contribution in [3.05, 3.63) is 45.1 Å². The summed E-state index contributed by atoms with van der Waals surface area (Å²) in [5.74, 6) is 0.268. The van der Waals surface area contributed by atoms with Crippen LogP contribution in [-0.2, 0) is 11.2 Å². The molecule has 118 valence electrons. The Morgan fingerprint density at radius 2 is 1.96 bits per heavy atom. The van der Waals surface area contributed by atoms with Crippen molar-refractivity contribution in [2.24, 2.45) is 5.92 Å². The van der Waals surface area contributed by atoms with Crippen molar-refractivity contribution in [2.45, 2.75) is 19.3 Å². The van der Waals surface area contributed by atoms with Crippen molar-refractivity contribution in [3.8, 4) is 0 Å². The molecule has 0 unspecified atom stereocenters. The SMILES string of the molecule is O=C(Nc1ccc(Cl)cc1)c1cc2c(s1)CCN2C(=O)C1CC1. The highest BCUT2D eigenvalue weighted by Crippen LogP contribution is 2.40. The molecular formula is C17H15ClN2O2S. The van der Waals surface area contributed by atoms with Crippen LogP contribution in [0.5, 0.6) is 0 Å². The molecule has 1 aliphatic heterocycles. The second-order valence-electron chi connectivity index (χ2n) is 5.89. The Balaban J connectivity index is 1.52. The van der Waals surface area contributed by atoms with Gasteiger partial charge in [0.1, 0.15) is 0 Å². The van der Waals surface area contributed by atoms with Crippen molar-refractivity contribution in [3.63, 3.8) is 0 Å². The zero-order valence-electron chi connectivity index (χ0n) is 12.3. The molecular weight excluding hydrogens is 332 g/mol. The Hall–Kier alpha value is -1.85. The number of thiophene rings is 1. The predicted molar refractivity (Wildman–Crippen MR) is 92.5 cm³/mol. The van der Waals surface area contributed by atoms with Crippen molar-refractivity contribution >= 4 is 46.1 Å². The second-order valence-corrected chi connectivity index (χ2v) is 7.47. The highest BCUT2D eigenvalue weighted by molar-refractivity contribution is 7.14. The molecule has 0 bridgehead atoms. The topological polar surface area (TPSA) is 49.4 Å². The highest BCUT2D eigenvalue weighted by Gasteiger charge is 2.37. The van der Waals surface area contributed by atoms with Crippen LogP contribution in [0.15, 0.2) is 30.3 Å². The minimum Gasteiger partial charge on any atom is -0.321 e. The van der Waals surface area contributed by atoms with E-state index >= 15 is 0 Å². The number of fused-ring (bicyclic) bond motifs is 1. The first-order chi connectivity index (χ1) is 11.1. The maximum atomic E-state index is 12.4.